The second-order valence-electron chi connectivity index (χ2n) is 3.60. The molecule has 0 amide bonds. The summed E-state index contributed by atoms with van der Waals surface area (Å²) < 4.78 is 0.956. The summed E-state index contributed by atoms with van der Waals surface area (Å²) >= 11 is 3.42. The van der Waals surface area contributed by atoms with Crippen molar-refractivity contribution < 1.29 is 4.79 Å². The predicted molar refractivity (Wildman–Crippen MR) is 65.5 cm³/mol. The second kappa shape index (κ2) is 4.61. The lowest BCUT2D eigenvalue weighted by Gasteiger charge is -2.02. The Morgan fingerprint density at radius 1 is 1.50 bits per heavy atom. The Hall–Kier alpha value is -1.42. The molecule has 0 unspecified atom stereocenters. The normalized spacial score (nSPS) is 10.4. The van der Waals surface area contributed by atoms with Crippen LogP contribution < -0.4 is 0 Å². The lowest BCUT2D eigenvalue weighted by Crippen LogP contribution is -2.05. The van der Waals surface area contributed by atoms with Gasteiger partial charge in [-0.1, -0.05) is 28.1 Å². The summed E-state index contributed by atoms with van der Waals surface area (Å²) in [5.74, 6) is 0.761. The first kappa shape index (κ1) is 11.1. The molecule has 82 valence electrons. The molecule has 1 aromatic heterocycles. The van der Waals surface area contributed by atoms with Gasteiger partial charge in [0.05, 0.1) is 6.42 Å². The van der Waals surface area contributed by atoms with Crippen LogP contribution in [-0.2, 0) is 6.42 Å². The summed E-state index contributed by atoms with van der Waals surface area (Å²) in [5.41, 5.74) is 1.82. The third-order valence-electron chi connectivity index (χ3n) is 2.38. The van der Waals surface area contributed by atoms with Gasteiger partial charge in [-0.25, -0.2) is 4.98 Å². The maximum Gasteiger partial charge on any atom is 0.170 e. The molecule has 1 heterocycles. The Bertz CT molecular complexity index is 506. The average molecular weight is 279 g/mol. The fourth-order valence-corrected chi connectivity index (χ4v) is 1.79. The molecule has 0 bridgehead atoms. The van der Waals surface area contributed by atoms with Crippen LogP contribution in [0.2, 0.25) is 0 Å². The van der Waals surface area contributed by atoms with Gasteiger partial charge in [-0.05, 0) is 18.6 Å². The SMILES string of the molecule is Cc1ccc(C(=O)Cc2ncc[nH]2)cc1Br. The first-order valence-electron chi connectivity index (χ1n) is 4.94. The van der Waals surface area contributed by atoms with Crippen LogP contribution >= 0.6 is 15.9 Å². The average Bonchev–Trinajstić information content (AvgIpc) is 2.74. The van der Waals surface area contributed by atoms with Gasteiger partial charge in [0, 0.05) is 22.4 Å². The van der Waals surface area contributed by atoms with Crippen LogP contribution in [0, 0.1) is 6.92 Å². The summed E-state index contributed by atoms with van der Waals surface area (Å²) in [4.78, 5) is 18.8. The van der Waals surface area contributed by atoms with Crippen molar-refractivity contribution in [2.45, 2.75) is 13.3 Å². The molecule has 0 saturated heterocycles. The third kappa shape index (κ3) is 2.39. The van der Waals surface area contributed by atoms with Crippen LogP contribution in [0.5, 0.6) is 0 Å². The molecule has 4 heteroatoms. The van der Waals surface area contributed by atoms with Gasteiger partial charge >= 0.3 is 0 Å². The Balaban J connectivity index is 2.18. The number of hydrogen-bond acceptors (Lipinski definition) is 2. The van der Waals surface area contributed by atoms with Crippen molar-refractivity contribution >= 4 is 21.7 Å². The number of nitrogens with zero attached hydrogens (tertiary/aromatic N) is 1. The Morgan fingerprint density at radius 3 is 2.94 bits per heavy atom. The van der Waals surface area contributed by atoms with Crippen molar-refractivity contribution in [3.63, 3.8) is 0 Å². The number of aromatic amines is 1. The minimum Gasteiger partial charge on any atom is -0.348 e. The Morgan fingerprint density at radius 2 is 2.31 bits per heavy atom. The van der Waals surface area contributed by atoms with Crippen molar-refractivity contribution in [1.82, 2.24) is 9.97 Å². The van der Waals surface area contributed by atoms with Gasteiger partial charge in [-0.15, -0.1) is 0 Å². The molecule has 1 N–H and O–H groups in total. The molecular formula is C12H11BrN2O. The van der Waals surface area contributed by atoms with E-state index < -0.39 is 0 Å². The first-order chi connectivity index (χ1) is 7.66. The Kier molecular flexibility index (Phi) is 3.19. The lowest BCUT2D eigenvalue weighted by atomic mass is 10.1. The van der Waals surface area contributed by atoms with Crippen molar-refractivity contribution in [1.29, 1.82) is 0 Å². The summed E-state index contributed by atoms with van der Waals surface area (Å²) in [6, 6.07) is 5.62. The number of ketones is 1. The topological polar surface area (TPSA) is 45.8 Å². The number of halogens is 1. The highest BCUT2D eigenvalue weighted by atomic mass is 79.9. The first-order valence-corrected chi connectivity index (χ1v) is 5.74. The molecule has 0 aliphatic carbocycles. The fourth-order valence-electron chi connectivity index (χ4n) is 1.42. The van der Waals surface area contributed by atoms with Crippen LogP contribution in [0.4, 0.5) is 0 Å². The zero-order valence-corrected chi connectivity index (χ0v) is 10.4. The minimum atomic E-state index is 0.0654. The van der Waals surface area contributed by atoms with Crippen LogP contribution in [-0.4, -0.2) is 15.8 Å². The predicted octanol–water partition coefficient (Wildman–Crippen LogP) is 2.91. The van der Waals surface area contributed by atoms with Gasteiger partial charge in [-0.2, -0.15) is 0 Å². The highest BCUT2D eigenvalue weighted by molar-refractivity contribution is 9.10. The van der Waals surface area contributed by atoms with E-state index in [1.54, 1.807) is 12.4 Å². The summed E-state index contributed by atoms with van der Waals surface area (Å²) in [6.45, 7) is 1.99. The minimum absolute atomic E-state index is 0.0654. The summed E-state index contributed by atoms with van der Waals surface area (Å²) in [5, 5.41) is 0. The molecule has 0 aliphatic heterocycles. The van der Waals surface area contributed by atoms with Crippen molar-refractivity contribution in [2.75, 3.05) is 0 Å². The van der Waals surface area contributed by atoms with E-state index in [0.717, 1.165) is 10.0 Å². The standard InChI is InChI=1S/C12H11BrN2O/c1-8-2-3-9(6-10(8)13)11(16)7-12-14-4-5-15-12/h2-6H,7H2,1H3,(H,14,15). The smallest absolute Gasteiger partial charge is 0.170 e. The molecule has 3 nitrogen and oxygen atoms in total. The number of aromatic nitrogens is 2. The van der Waals surface area contributed by atoms with E-state index >= 15 is 0 Å². The molecule has 2 rings (SSSR count). The maximum atomic E-state index is 11.9. The monoisotopic (exact) mass is 278 g/mol. The fraction of sp³-hybridized carbons (Fsp3) is 0.167. The van der Waals surface area contributed by atoms with Gasteiger partial charge in [0.1, 0.15) is 5.82 Å². The van der Waals surface area contributed by atoms with Gasteiger partial charge < -0.3 is 4.98 Å². The number of Topliss-reactive ketones (excluding diaryl/α,β-unsaturated/α-hetero) is 1. The molecule has 0 atom stereocenters. The number of hydrogen-bond donors (Lipinski definition) is 1. The number of nitrogens with one attached hydrogen (secondary N) is 1. The van der Waals surface area contributed by atoms with E-state index in [1.165, 1.54) is 0 Å². The number of aryl methyl sites for hydroxylation is 1. The van der Waals surface area contributed by atoms with Crippen LogP contribution in [0.15, 0.2) is 35.1 Å². The molecule has 2 aromatic rings. The van der Waals surface area contributed by atoms with Gasteiger partial charge in [0.2, 0.25) is 0 Å². The molecule has 16 heavy (non-hydrogen) atoms. The number of rotatable bonds is 3. The number of imidazole rings is 1. The quantitative estimate of drug-likeness (QED) is 0.878. The highest BCUT2D eigenvalue weighted by Gasteiger charge is 2.09. The number of benzene rings is 1. The zero-order chi connectivity index (χ0) is 11.5. The van der Waals surface area contributed by atoms with Gasteiger partial charge in [0.25, 0.3) is 0 Å². The van der Waals surface area contributed by atoms with E-state index in [0.29, 0.717) is 17.8 Å². The van der Waals surface area contributed by atoms with Crippen molar-refractivity contribution in [3.8, 4) is 0 Å². The molecular weight excluding hydrogens is 268 g/mol. The second-order valence-corrected chi connectivity index (χ2v) is 4.45. The number of H-pyrrole nitrogens is 1. The molecule has 0 spiro atoms. The van der Waals surface area contributed by atoms with E-state index in [-0.39, 0.29) is 5.78 Å². The van der Waals surface area contributed by atoms with E-state index in [2.05, 4.69) is 25.9 Å². The highest BCUT2D eigenvalue weighted by Crippen LogP contribution is 2.18. The van der Waals surface area contributed by atoms with E-state index in [9.17, 15) is 4.79 Å². The molecule has 0 fully saturated rings. The number of carbonyl (C=O) groups excluding carboxylic acids is 1. The van der Waals surface area contributed by atoms with E-state index in [1.807, 2.05) is 25.1 Å². The van der Waals surface area contributed by atoms with Crippen LogP contribution in [0.3, 0.4) is 0 Å². The maximum absolute atomic E-state index is 11.9. The van der Waals surface area contributed by atoms with Crippen LogP contribution in [0.1, 0.15) is 21.7 Å². The van der Waals surface area contributed by atoms with E-state index in [4.69, 9.17) is 0 Å². The third-order valence-corrected chi connectivity index (χ3v) is 3.23. The van der Waals surface area contributed by atoms with Crippen molar-refractivity contribution in [3.05, 3.63) is 52.0 Å². The molecule has 0 saturated carbocycles. The van der Waals surface area contributed by atoms with Gasteiger partial charge in [0.15, 0.2) is 5.78 Å². The molecule has 0 aliphatic rings. The van der Waals surface area contributed by atoms with Crippen LogP contribution in [0.25, 0.3) is 0 Å². The van der Waals surface area contributed by atoms with Gasteiger partial charge in [-0.3, -0.25) is 4.79 Å². The van der Waals surface area contributed by atoms with Crippen molar-refractivity contribution in [2.24, 2.45) is 0 Å². The number of carbonyl (C=O) groups is 1. The summed E-state index contributed by atoms with van der Waals surface area (Å²) in [7, 11) is 0. The largest absolute Gasteiger partial charge is 0.348 e. The molecule has 1 aromatic carbocycles. The Labute approximate surface area is 102 Å². The zero-order valence-electron chi connectivity index (χ0n) is 8.83. The lowest BCUT2D eigenvalue weighted by molar-refractivity contribution is 0.0991. The molecule has 0 radical (unpaired) electrons. The summed E-state index contributed by atoms with van der Waals surface area (Å²) in [6.07, 6.45) is 3.67.